The van der Waals surface area contributed by atoms with Gasteiger partial charge in [-0.05, 0) is 43.6 Å². The molecule has 1 heterocycles. The van der Waals surface area contributed by atoms with Gasteiger partial charge in [0.15, 0.2) is 0 Å². The lowest BCUT2D eigenvalue weighted by Gasteiger charge is -2.32. The van der Waals surface area contributed by atoms with Crippen molar-refractivity contribution in [3.8, 4) is 0 Å². The van der Waals surface area contributed by atoms with Crippen LogP contribution in [-0.4, -0.2) is 76.3 Å². The monoisotopic (exact) mass is 439 g/mol. The zero-order valence-corrected chi connectivity index (χ0v) is 18.8. The van der Waals surface area contributed by atoms with Gasteiger partial charge in [0.2, 0.25) is 0 Å². The molecule has 2 aliphatic rings. The highest BCUT2D eigenvalue weighted by Gasteiger charge is 2.40. The van der Waals surface area contributed by atoms with Crippen LogP contribution in [0.3, 0.4) is 0 Å². The second-order valence-electron chi connectivity index (χ2n) is 8.25. The Labute approximate surface area is 179 Å². The van der Waals surface area contributed by atoms with Gasteiger partial charge in [-0.25, -0.2) is 4.79 Å². The van der Waals surface area contributed by atoms with E-state index in [9.17, 15) is 13.2 Å². The fourth-order valence-corrected chi connectivity index (χ4v) is 5.23. The van der Waals surface area contributed by atoms with Crippen molar-refractivity contribution in [2.24, 2.45) is 0 Å². The third-order valence-corrected chi connectivity index (χ3v) is 7.75. The normalized spacial score (nSPS) is 27.4. The van der Waals surface area contributed by atoms with Crippen LogP contribution in [0.4, 0.5) is 4.79 Å². The molecule has 9 heteroatoms. The molecule has 2 fully saturated rings. The maximum atomic E-state index is 12.3. The molecule has 0 radical (unpaired) electrons. The number of nitrogens with zero attached hydrogens (tertiary/aromatic N) is 2. The van der Waals surface area contributed by atoms with Gasteiger partial charge in [-0.2, -0.15) is 17.4 Å². The second-order valence-corrected chi connectivity index (χ2v) is 10.2. The van der Waals surface area contributed by atoms with E-state index in [1.807, 2.05) is 6.07 Å². The Bertz CT molecular complexity index is 794. The van der Waals surface area contributed by atoms with E-state index in [0.29, 0.717) is 18.9 Å². The first-order valence-corrected chi connectivity index (χ1v) is 12.0. The third-order valence-electron chi connectivity index (χ3n) is 6.18. The Morgan fingerprint density at radius 2 is 1.80 bits per heavy atom. The summed E-state index contributed by atoms with van der Waals surface area (Å²) in [5, 5.41) is 0. The number of rotatable bonds is 7. The van der Waals surface area contributed by atoms with Crippen LogP contribution in [0.15, 0.2) is 30.3 Å². The van der Waals surface area contributed by atoms with Crippen molar-refractivity contribution in [1.29, 1.82) is 0 Å². The summed E-state index contributed by atoms with van der Waals surface area (Å²) in [7, 11) is 0.690. The summed E-state index contributed by atoms with van der Waals surface area (Å²) in [6.45, 7) is 0.721. The molecule has 1 unspecified atom stereocenters. The molecule has 168 valence electrons. The molecule has 0 bridgehead atoms. The minimum atomic E-state index is -3.60. The summed E-state index contributed by atoms with van der Waals surface area (Å²) in [4.78, 5) is 13.7. The van der Waals surface area contributed by atoms with Crippen LogP contribution in [0.25, 0.3) is 0 Å². The number of benzene rings is 1. The van der Waals surface area contributed by atoms with Crippen LogP contribution in [0.1, 0.15) is 43.6 Å². The molecule has 1 aromatic rings. The van der Waals surface area contributed by atoms with Crippen LogP contribution < -0.4 is 4.72 Å². The van der Waals surface area contributed by atoms with E-state index in [1.54, 1.807) is 4.90 Å². The molecule has 3 rings (SSSR count). The van der Waals surface area contributed by atoms with Crippen LogP contribution in [0.2, 0.25) is 0 Å². The summed E-state index contributed by atoms with van der Waals surface area (Å²) in [5.41, 5.74) is 1.38. The highest BCUT2D eigenvalue weighted by atomic mass is 32.2. The zero-order chi connectivity index (χ0) is 21.7. The van der Waals surface area contributed by atoms with Gasteiger partial charge in [-0.3, -0.25) is 0 Å². The minimum Gasteiger partial charge on any atom is -0.453 e. The van der Waals surface area contributed by atoms with Gasteiger partial charge in [0.25, 0.3) is 10.2 Å². The van der Waals surface area contributed by atoms with Gasteiger partial charge < -0.3 is 14.4 Å². The van der Waals surface area contributed by atoms with Crippen LogP contribution in [0, 0.1) is 0 Å². The van der Waals surface area contributed by atoms with Crippen molar-refractivity contribution in [1.82, 2.24) is 13.9 Å². The van der Waals surface area contributed by atoms with Crippen molar-refractivity contribution in [2.45, 2.75) is 56.2 Å². The first kappa shape index (κ1) is 23.0. The third kappa shape index (κ3) is 5.51. The molecule has 30 heavy (non-hydrogen) atoms. The predicted molar refractivity (Wildman–Crippen MR) is 114 cm³/mol. The van der Waals surface area contributed by atoms with Gasteiger partial charge in [-0.15, -0.1) is 0 Å². The smallest absolute Gasteiger partial charge is 0.409 e. The maximum Gasteiger partial charge on any atom is 0.409 e. The molecule has 1 aromatic carbocycles. The minimum absolute atomic E-state index is 0.121. The van der Waals surface area contributed by atoms with Gasteiger partial charge in [0.1, 0.15) is 0 Å². The Balaban J connectivity index is 1.58. The van der Waals surface area contributed by atoms with E-state index in [2.05, 4.69) is 29.0 Å². The molecule has 1 aliphatic heterocycles. The van der Waals surface area contributed by atoms with E-state index in [0.717, 1.165) is 30.0 Å². The molecule has 0 spiro atoms. The lowest BCUT2D eigenvalue weighted by molar-refractivity contribution is -0.00540. The number of likely N-dealkylation sites (tertiary alicyclic amines) is 1. The number of hydrogen-bond donors (Lipinski definition) is 1. The number of amides is 1. The lowest BCUT2D eigenvalue weighted by atomic mass is 9.83. The number of hydrogen-bond acceptors (Lipinski definition) is 5. The average molecular weight is 440 g/mol. The fraction of sp³-hybridized carbons (Fsp3) is 0.667. The van der Waals surface area contributed by atoms with Gasteiger partial charge in [0, 0.05) is 26.7 Å². The summed E-state index contributed by atoms with van der Waals surface area (Å²) >= 11 is 0. The Morgan fingerprint density at radius 1 is 1.13 bits per heavy atom. The Morgan fingerprint density at radius 3 is 2.40 bits per heavy atom. The molecule has 0 aromatic heterocycles. The van der Waals surface area contributed by atoms with Gasteiger partial charge in [0.05, 0.1) is 25.9 Å². The van der Waals surface area contributed by atoms with E-state index >= 15 is 0 Å². The van der Waals surface area contributed by atoms with Crippen molar-refractivity contribution in [3.05, 3.63) is 35.9 Å². The number of carbonyl (C=O) groups is 1. The quantitative estimate of drug-likeness (QED) is 0.705. The van der Waals surface area contributed by atoms with Gasteiger partial charge in [-0.1, -0.05) is 30.3 Å². The highest BCUT2D eigenvalue weighted by molar-refractivity contribution is 7.87. The summed E-state index contributed by atoms with van der Waals surface area (Å²) in [6, 6.07) is 9.76. The Hall–Kier alpha value is -1.68. The number of methoxy groups -OCH3 is 1. The van der Waals surface area contributed by atoms with E-state index < -0.39 is 22.3 Å². The lowest BCUT2D eigenvalue weighted by Crippen LogP contribution is -2.51. The molecule has 1 saturated heterocycles. The topological polar surface area (TPSA) is 88.2 Å². The molecule has 1 amide bonds. The Kier molecular flexibility index (Phi) is 7.73. The van der Waals surface area contributed by atoms with E-state index in [4.69, 9.17) is 9.47 Å². The molecule has 2 atom stereocenters. The second kappa shape index (κ2) is 10.1. The van der Waals surface area contributed by atoms with Gasteiger partial charge >= 0.3 is 6.09 Å². The first-order chi connectivity index (χ1) is 14.3. The maximum absolute atomic E-state index is 12.3. The van der Waals surface area contributed by atoms with E-state index in [-0.39, 0.29) is 18.8 Å². The van der Waals surface area contributed by atoms with Crippen molar-refractivity contribution >= 4 is 16.3 Å². The summed E-state index contributed by atoms with van der Waals surface area (Å²) in [6.07, 6.45) is 4.24. The van der Waals surface area contributed by atoms with Crippen LogP contribution >= 0.6 is 0 Å². The van der Waals surface area contributed by atoms with E-state index in [1.165, 1.54) is 26.8 Å². The van der Waals surface area contributed by atoms with Crippen LogP contribution in [-0.2, 0) is 19.7 Å². The summed E-state index contributed by atoms with van der Waals surface area (Å²) < 4.78 is 39.5. The zero-order valence-electron chi connectivity index (χ0n) is 18.0. The van der Waals surface area contributed by atoms with Crippen LogP contribution in [0.5, 0.6) is 0 Å². The van der Waals surface area contributed by atoms with Crippen molar-refractivity contribution in [2.75, 3.05) is 34.4 Å². The molecule has 1 saturated carbocycles. The summed E-state index contributed by atoms with van der Waals surface area (Å²) in [5.74, 6) is 0.559. The molecule has 1 aliphatic carbocycles. The number of ether oxygens (including phenoxy) is 2. The first-order valence-electron chi connectivity index (χ1n) is 10.5. The predicted octanol–water partition coefficient (Wildman–Crippen LogP) is 2.33. The number of carbonyl (C=O) groups excluding carboxylic acids is 1. The number of nitrogens with one attached hydrogen (secondary N) is 1. The molecular formula is C21H33N3O5S. The average Bonchev–Trinajstić information content (AvgIpc) is 3.14. The van der Waals surface area contributed by atoms with Crippen molar-refractivity contribution < 1.29 is 22.7 Å². The molecule has 8 nitrogen and oxygen atoms in total. The molecular weight excluding hydrogens is 406 g/mol. The highest BCUT2D eigenvalue weighted by Crippen LogP contribution is 2.34. The standard InChI is InChI=1S/C21H33N3O5S/c1-23(2)30(26,27)22-19-13-14-24(21(25)28-3)20(19)15-29-18-11-9-17(10-12-18)16-7-5-4-6-8-16/h4-8,17-20,22H,9-15H2,1-3H3/t17?,18?,19-,20?/m0/s1. The SMILES string of the molecule is COC(=O)N1CC[C@H](NS(=O)(=O)N(C)C)C1COC1CCC(c2ccccc2)CC1. The van der Waals surface area contributed by atoms with Crippen molar-refractivity contribution in [3.63, 3.8) is 0 Å². The fourth-order valence-electron chi connectivity index (χ4n) is 4.36. The molecule has 1 N–H and O–H groups in total. The largest absolute Gasteiger partial charge is 0.453 e.